The van der Waals surface area contributed by atoms with Gasteiger partial charge in [-0.2, -0.15) is 0 Å². The summed E-state index contributed by atoms with van der Waals surface area (Å²) >= 11 is 6.04. The summed E-state index contributed by atoms with van der Waals surface area (Å²) in [5.74, 6) is 0.148. The van der Waals surface area contributed by atoms with Crippen LogP contribution < -0.4 is 14.8 Å². The van der Waals surface area contributed by atoms with Crippen LogP contribution in [0.3, 0.4) is 0 Å². The van der Waals surface area contributed by atoms with Crippen molar-refractivity contribution in [2.45, 2.75) is 0 Å². The van der Waals surface area contributed by atoms with Crippen LogP contribution in [-0.2, 0) is 4.74 Å². The highest BCUT2D eigenvalue weighted by atomic mass is 35.5. The predicted molar refractivity (Wildman–Crippen MR) is 63.3 cm³/mol. The van der Waals surface area contributed by atoms with E-state index in [0.29, 0.717) is 29.6 Å². The Morgan fingerprint density at radius 3 is 2.94 bits per heavy atom. The summed E-state index contributed by atoms with van der Waals surface area (Å²) in [6, 6.07) is 1.67. The number of rotatable bonds is 2. The summed E-state index contributed by atoms with van der Waals surface area (Å²) in [5, 5.41) is 3.44. The maximum absolute atomic E-state index is 11.7. The molecule has 92 valence electrons. The van der Waals surface area contributed by atoms with Gasteiger partial charge in [-0.3, -0.25) is 0 Å². The second kappa shape index (κ2) is 4.71. The fraction of sp³-hybridized carbons (Fsp3) is 0.364. The first kappa shape index (κ1) is 11.9. The molecule has 0 radical (unpaired) electrons. The van der Waals surface area contributed by atoms with E-state index in [1.54, 1.807) is 6.07 Å². The van der Waals surface area contributed by atoms with Crippen molar-refractivity contribution < 1.29 is 19.0 Å². The van der Waals surface area contributed by atoms with Crippen LogP contribution in [-0.4, -0.2) is 33.3 Å². The van der Waals surface area contributed by atoms with Gasteiger partial charge in [0.05, 0.1) is 24.9 Å². The number of anilines is 1. The van der Waals surface area contributed by atoms with Gasteiger partial charge in [0.15, 0.2) is 11.5 Å². The highest BCUT2D eigenvalue weighted by Gasteiger charge is 2.27. The molecule has 0 atom stereocenters. The first-order valence-electron chi connectivity index (χ1n) is 5.04. The molecule has 1 aromatic carbocycles. The lowest BCUT2D eigenvalue weighted by molar-refractivity contribution is 0.0592. The number of carbonyl (C=O) groups is 1. The second-order valence-electron chi connectivity index (χ2n) is 3.41. The highest BCUT2D eigenvalue weighted by Crippen LogP contribution is 2.42. The van der Waals surface area contributed by atoms with Gasteiger partial charge in [0, 0.05) is 6.54 Å². The van der Waals surface area contributed by atoms with Crippen molar-refractivity contribution in [1.82, 2.24) is 0 Å². The van der Waals surface area contributed by atoms with Crippen LogP contribution in [0.1, 0.15) is 10.4 Å². The van der Waals surface area contributed by atoms with E-state index < -0.39 is 5.97 Å². The van der Waals surface area contributed by atoms with E-state index in [1.165, 1.54) is 14.2 Å². The number of hydrogen-bond donors (Lipinski definition) is 1. The molecule has 1 aromatic rings. The van der Waals surface area contributed by atoms with Crippen molar-refractivity contribution >= 4 is 23.3 Å². The molecule has 0 fully saturated rings. The molecule has 1 aliphatic heterocycles. The van der Waals surface area contributed by atoms with E-state index in [2.05, 4.69) is 5.32 Å². The van der Waals surface area contributed by atoms with Crippen LogP contribution in [0.25, 0.3) is 0 Å². The van der Waals surface area contributed by atoms with E-state index in [4.69, 9.17) is 25.8 Å². The number of methoxy groups -OCH3 is 2. The van der Waals surface area contributed by atoms with Gasteiger partial charge in [0.2, 0.25) is 0 Å². The minimum absolute atomic E-state index is 0.213. The zero-order chi connectivity index (χ0) is 12.4. The van der Waals surface area contributed by atoms with Crippen molar-refractivity contribution in [3.8, 4) is 11.5 Å². The van der Waals surface area contributed by atoms with Crippen molar-refractivity contribution in [2.75, 3.05) is 32.7 Å². The maximum atomic E-state index is 11.7. The van der Waals surface area contributed by atoms with E-state index in [9.17, 15) is 4.79 Å². The summed E-state index contributed by atoms with van der Waals surface area (Å²) in [6.07, 6.45) is 0. The quantitative estimate of drug-likeness (QED) is 0.821. The Morgan fingerprint density at radius 1 is 1.53 bits per heavy atom. The molecule has 0 aliphatic carbocycles. The summed E-state index contributed by atoms with van der Waals surface area (Å²) in [5.41, 5.74) is 0.882. The Balaban J connectivity index is 2.65. The molecule has 1 aliphatic rings. The van der Waals surface area contributed by atoms with Crippen LogP contribution in [0, 0.1) is 0 Å². The molecule has 1 heterocycles. The summed E-state index contributed by atoms with van der Waals surface area (Å²) in [4.78, 5) is 11.7. The van der Waals surface area contributed by atoms with E-state index in [1.807, 2.05) is 0 Å². The minimum Gasteiger partial charge on any atom is -0.494 e. The van der Waals surface area contributed by atoms with Crippen LogP contribution >= 0.6 is 11.6 Å². The van der Waals surface area contributed by atoms with Gasteiger partial charge < -0.3 is 19.5 Å². The van der Waals surface area contributed by atoms with Crippen molar-refractivity contribution in [3.05, 3.63) is 16.7 Å². The molecule has 0 unspecified atom stereocenters. The topological polar surface area (TPSA) is 56.8 Å². The first-order chi connectivity index (χ1) is 8.19. The average Bonchev–Trinajstić information content (AvgIpc) is 2.36. The third kappa shape index (κ3) is 1.98. The van der Waals surface area contributed by atoms with E-state index in [0.717, 1.165) is 0 Å². The molecule has 17 heavy (non-hydrogen) atoms. The molecular formula is C11H12ClNO4. The minimum atomic E-state index is -0.538. The lowest BCUT2D eigenvalue weighted by Gasteiger charge is -2.23. The fourth-order valence-corrected chi connectivity index (χ4v) is 2.00. The lowest BCUT2D eigenvalue weighted by atomic mass is 10.1. The Labute approximate surface area is 104 Å². The fourth-order valence-electron chi connectivity index (χ4n) is 1.72. The smallest absolute Gasteiger partial charge is 0.345 e. The molecule has 0 saturated carbocycles. The third-order valence-corrected chi connectivity index (χ3v) is 2.73. The van der Waals surface area contributed by atoms with E-state index >= 15 is 0 Å². The predicted octanol–water partition coefficient (Wildman–Crippen LogP) is 1.94. The third-order valence-electron chi connectivity index (χ3n) is 2.44. The molecule has 6 heteroatoms. The standard InChI is InChI=1S/C11H12ClNO4/c1-15-9-6(12)5-7-10(17-4-3-13-7)8(9)11(14)16-2/h5,13H,3-4H2,1-2H3. The Hall–Kier alpha value is -1.62. The first-order valence-corrected chi connectivity index (χ1v) is 5.42. The summed E-state index contributed by atoms with van der Waals surface area (Å²) in [7, 11) is 2.74. The number of ether oxygens (including phenoxy) is 3. The monoisotopic (exact) mass is 257 g/mol. The molecule has 5 nitrogen and oxygen atoms in total. The van der Waals surface area contributed by atoms with Gasteiger partial charge in [0.25, 0.3) is 0 Å². The number of carbonyl (C=O) groups excluding carboxylic acids is 1. The van der Waals surface area contributed by atoms with E-state index in [-0.39, 0.29) is 11.3 Å². The number of esters is 1. The number of nitrogens with one attached hydrogen (secondary N) is 1. The van der Waals surface area contributed by atoms with Crippen LogP contribution in [0.4, 0.5) is 5.69 Å². The zero-order valence-electron chi connectivity index (χ0n) is 9.50. The molecule has 0 aromatic heterocycles. The van der Waals surface area contributed by atoms with Crippen molar-refractivity contribution in [2.24, 2.45) is 0 Å². The SMILES string of the molecule is COC(=O)c1c(OC)c(Cl)cc2c1OCCN2. The van der Waals surface area contributed by atoms with Gasteiger partial charge in [-0.1, -0.05) is 11.6 Å². The number of benzene rings is 1. The number of hydrogen-bond acceptors (Lipinski definition) is 5. The average molecular weight is 258 g/mol. The number of fused-ring (bicyclic) bond motifs is 1. The Morgan fingerprint density at radius 2 is 2.29 bits per heavy atom. The normalized spacial score (nSPS) is 13.1. The number of halogens is 1. The van der Waals surface area contributed by atoms with Gasteiger partial charge >= 0.3 is 5.97 Å². The largest absolute Gasteiger partial charge is 0.494 e. The summed E-state index contributed by atoms with van der Waals surface area (Å²) < 4.78 is 15.3. The van der Waals surface area contributed by atoms with Crippen LogP contribution in [0.2, 0.25) is 5.02 Å². The Bertz CT molecular complexity index is 461. The molecule has 0 saturated heterocycles. The molecular weight excluding hydrogens is 246 g/mol. The summed E-state index contributed by atoms with van der Waals surface area (Å²) in [6.45, 7) is 1.14. The second-order valence-corrected chi connectivity index (χ2v) is 3.82. The van der Waals surface area contributed by atoms with Crippen molar-refractivity contribution in [3.63, 3.8) is 0 Å². The lowest BCUT2D eigenvalue weighted by Crippen LogP contribution is -2.21. The van der Waals surface area contributed by atoms with Crippen LogP contribution in [0.5, 0.6) is 11.5 Å². The van der Waals surface area contributed by atoms with Gasteiger partial charge in [-0.05, 0) is 6.07 Å². The molecule has 1 N–H and O–H groups in total. The molecule has 0 amide bonds. The highest BCUT2D eigenvalue weighted by molar-refractivity contribution is 6.33. The molecule has 0 bridgehead atoms. The van der Waals surface area contributed by atoms with Crippen LogP contribution in [0.15, 0.2) is 6.07 Å². The van der Waals surface area contributed by atoms with Gasteiger partial charge in [-0.15, -0.1) is 0 Å². The molecule has 2 rings (SSSR count). The van der Waals surface area contributed by atoms with Gasteiger partial charge in [0.1, 0.15) is 12.2 Å². The zero-order valence-corrected chi connectivity index (χ0v) is 10.3. The Kier molecular flexibility index (Phi) is 3.28. The maximum Gasteiger partial charge on any atom is 0.345 e. The van der Waals surface area contributed by atoms with Crippen molar-refractivity contribution in [1.29, 1.82) is 0 Å². The molecule has 0 spiro atoms. The van der Waals surface area contributed by atoms with Gasteiger partial charge in [-0.25, -0.2) is 4.79 Å².